The van der Waals surface area contributed by atoms with Crippen LogP contribution in [0.2, 0.25) is 0 Å². The van der Waals surface area contributed by atoms with Crippen molar-refractivity contribution in [2.24, 2.45) is 5.92 Å². The lowest BCUT2D eigenvalue weighted by Gasteiger charge is -2.37. The molecule has 3 heteroatoms. The maximum atomic E-state index is 12.8. The van der Waals surface area contributed by atoms with E-state index in [2.05, 4.69) is 13.0 Å². The van der Waals surface area contributed by atoms with Crippen molar-refractivity contribution in [1.29, 1.82) is 0 Å². The summed E-state index contributed by atoms with van der Waals surface area (Å²) in [5.41, 5.74) is 3.54. The van der Waals surface area contributed by atoms with Gasteiger partial charge in [0.05, 0.1) is 0 Å². The van der Waals surface area contributed by atoms with E-state index in [-0.39, 0.29) is 18.6 Å². The van der Waals surface area contributed by atoms with Crippen LogP contribution >= 0.6 is 0 Å². The molecule has 0 bridgehead atoms. The molecule has 1 amide bonds. The van der Waals surface area contributed by atoms with Gasteiger partial charge in [0.1, 0.15) is 0 Å². The summed E-state index contributed by atoms with van der Waals surface area (Å²) < 4.78 is 0. The standard InChI is InChI=1S/C17H23NO2/c1-12-10-13(11-19)8-9-18(12)17(20)16-7-3-5-14-4-2-6-15(14)16/h3,5,7,12-13,19H,2,4,6,8-11H2,1H3/t12-,13-/m0/s1. The lowest BCUT2D eigenvalue weighted by Crippen LogP contribution is -2.45. The van der Waals surface area contributed by atoms with Gasteiger partial charge in [-0.15, -0.1) is 0 Å². The predicted octanol–water partition coefficient (Wildman–Crippen LogP) is 2.41. The molecule has 1 aliphatic heterocycles. The van der Waals surface area contributed by atoms with Gasteiger partial charge in [0.2, 0.25) is 0 Å². The summed E-state index contributed by atoms with van der Waals surface area (Å²) in [6, 6.07) is 6.38. The van der Waals surface area contributed by atoms with Gasteiger partial charge in [-0.3, -0.25) is 4.79 Å². The number of carbonyl (C=O) groups excluding carboxylic acids is 1. The molecule has 3 rings (SSSR count). The zero-order chi connectivity index (χ0) is 14.1. The Balaban J connectivity index is 1.81. The van der Waals surface area contributed by atoms with Gasteiger partial charge in [-0.25, -0.2) is 0 Å². The van der Waals surface area contributed by atoms with E-state index >= 15 is 0 Å². The zero-order valence-electron chi connectivity index (χ0n) is 12.1. The third-order valence-corrected chi connectivity index (χ3v) is 4.88. The van der Waals surface area contributed by atoms with Crippen molar-refractivity contribution in [2.75, 3.05) is 13.2 Å². The maximum Gasteiger partial charge on any atom is 0.254 e. The predicted molar refractivity (Wildman–Crippen MR) is 78.8 cm³/mol. The fourth-order valence-corrected chi connectivity index (χ4v) is 3.71. The number of rotatable bonds is 2. The minimum atomic E-state index is 0.188. The van der Waals surface area contributed by atoms with E-state index in [1.807, 2.05) is 17.0 Å². The van der Waals surface area contributed by atoms with Crippen molar-refractivity contribution >= 4 is 5.91 Å². The normalized spacial score (nSPS) is 25.6. The van der Waals surface area contributed by atoms with Gasteiger partial charge in [0.15, 0.2) is 0 Å². The molecule has 0 spiro atoms. The summed E-state index contributed by atoms with van der Waals surface area (Å²) in [5, 5.41) is 9.27. The van der Waals surface area contributed by atoms with Crippen LogP contribution in [0.25, 0.3) is 0 Å². The van der Waals surface area contributed by atoms with Crippen molar-refractivity contribution in [3.05, 3.63) is 34.9 Å². The number of carbonyl (C=O) groups is 1. The summed E-state index contributed by atoms with van der Waals surface area (Å²) in [4.78, 5) is 14.8. The molecular weight excluding hydrogens is 250 g/mol. The van der Waals surface area contributed by atoms with Gasteiger partial charge in [0.25, 0.3) is 5.91 Å². The Labute approximate surface area is 120 Å². The second-order valence-electron chi connectivity index (χ2n) is 6.22. The highest BCUT2D eigenvalue weighted by Crippen LogP contribution is 2.29. The van der Waals surface area contributed by atoms with Gasteiger partial charge < -0.3 is 10.0 Å². The van der Waals surface area contributed by atoms with Crippen LogP contribution in [0.1, 0.15) is 47.7 Å². The minimum Gasteiger partial charge on any atom is -0.396 e. The van der Waals surface area contributed by atoms with Crippen LogP contribution in [0.5, 0.6) is 0 Å². The highest BCUT2D eigenvalue weighted by Gasteiger charge is 2.30. The molecule has 20 heavy (non-hydrogen) atoms. The van der Waals surface area contributed by atoms with Crippen LogP contribution < -0.4 is 0 Å². The molecule has 0 radical (unpaired) electrons. The highest BCUT2D eigenvalue weighted by atomic mass is 16.3. The van der Waals surface area contributed by atoms with E-state index < -0.39 is 0 Å². The van der Waals surface area contributed by atoms with E-state index in [1.165, 1.54) is 17.5 Å². The number of amides is 1. The first-order valence-corrected chi connectivity index (χ1v) is 7.73. The quantitative estimate of drug-likeness (QED) is 0.899. The zero-order valence-corrected chi connectivity index (χ0v) is 12.1. The number of aliphatic hydroxyl groups excluding tert-OH is 1. The molecular formula is C17H23NO2. The number of nitrogens with zero attached hydrogens (tertiary/aromatic N) is 1. The first-order chi connectivity index (χ1) is 9.70. The molecule has 1 aliphatic carbocycles. The monoisotopic (exact) mass is 273 g/mol. The second kappa shape index (κ2) is 5.57. The van der Waals surface area contributed by atoms with Crippen LogP contribution in [0.4, 0.5) is 0 Å². The molecule has 1 aromatic carbocycles. The Morgan fingerprint density at radius 2 is 2.25 bits per heavy atom. The average molecular weight is 273 g/mol. The fourth-order valence-electron chi connectivity index (χ4n) is 3.71. The number of likely N-dealkylation sites (tertiary alicyclic amines) is 1. The third kappa shape index (κ3) is 2.35. The smallest absolute Gasteiger partial charge is 0.254 e. The summed E-state index contributed by atoms with van der Waals surface area (Å²) in [7, 11) is 0. The third-order valence-electron chi connectivity index (χ3n) is 4.88. The van der Waals surface area contributed by atoms with Gasteiger partial charge in [-0.05, 0) is 62.1 Å². The Morgan fingerprint density at radius 1 is 1.40 bits per heavy atom. The van der Waals surface area contributed by atoms with E-state index in [4.69, 9.17) is 0 Å². The maximum absolute atomic E-state index is 12.8. The summed E-state index contributed by atoms with van der Waals surface area (Å²) in [6.07, 6.45) is 5.15. The van der Waals surface area contributed by atoms with E-state index in [9.17, 15) is 9.90 Å². The summed E-state index contributed by atoms with van der Waals surface area (Å²) in [6.45, 7) is 3.12. The number of aryl methyl sites for hydroxylation is 1. The Morgan fingerprint density at radius 3 is 3.00 bits per heavy atom. The molecule has 2 atom stereocenters. The average Bonchev–Trinajstić information content (AvgIpc) is 2.94. The topological polar surface area (TPSA) is 40.5 Å². The largest absolute Gasteiger partial charge is 0.396 e. The first-order valence-electron chi connectivity index (χ1n) is 7.73. The first kappa shape index (κ1) is 13.6. The van der Waals surface area contributed by atoms with Crippen molar-refractivity contribution in [2.45, 2.75) is 45.1 Å². The van der Waals surface area contributed by atoms with Crippen molar-refractivity contribution in [3.8, 4) is 0 Å². The molecule has 108 valence electrons. The Kier molecular flexibility index (Phi) is 3.79. The lowest BCUT2D eigenvalue weighted by atomic mass is 9.91. The van der Waals surface area contributed by atoms with E-state index in [0.717, 1.165) is 37.8 Å². The second-order valence-corrected chi connectivity index (χ2v) is 6.22. The number of piperidine rings is 1. The van der Waals surface area contributed by atoms with Crippen molar-refractivity contribution in [1.82, 2.24) is 4.90 Å². The molecule has 2 aliphatic rings. The number of aliphatic hydroxyl groups is 1. The van der Waals surface area contributed by atoms with E-state index in [0.29, 0.717) is 5.92 Å². The van der Waals surface area contributed by atoms with Crippen LogP contribution in [0, 0.1) is 5.92 Å². The number of benzene rings is 1. The molecule has 1 heterocycles. The van der Waals surface area contributed by atoms with Gasteiger partial charge in [0, 0.05) is 24.8 Å². The lowest BCUT2D eigenvalue weighted by molar-refractivity contribution is 0.0514. The molecule has 3 nitrogen and oxygen atoms in total. The van der Waals surface area contributed by atoms with Gasteiger partial charge in [-0.2, -0.15) is 0 Å². The SMILES string of the molecule is C[C@H]1C[C@@H](CO)CCN1C(=O)c1cccc2c1CCC2. The van der Waals surface area contributed by atoms with Crippen molar-refractivity contribution in [3.63, 3.8) is 0 Å². The fraction of sp³-hybridized carbons (Fsp3) is 0.588. The molecule has 0 saturated carbocycles. The Bertz CT molecular complexity index is 512. The van der Waals surface area contributed by atoms with Crippen LogP contribution in [0.3, 0.4) is 0 Å². The molecule has 1 fully saturated rings. The summed E-state index contributed by atoms with van der Waals surface area (Å²) in [5.74, 6) is 0.545. The summed E-state index contributed by atoms with van der Waals surface area (Å²) >= 11 is 0. The van der Waals surface area contributed by atoms with Crippen LogP contribution in [0.15, 0.2) is 18.2 Å². The Hall–Kier alpha value is -1.35. The molecule has 0 unspecified atom stereocenters. The number of hydrogen-bond donors (Lipinski definition) is 1. The number of fused-ring (bicyclic) bond motifs is 1. The van der Waals surface area contributed by atoms with Crippen molar-refractivity contribution < 1.29 is 9.90 Å². The molecule has 1 aromatic rings. The molecule has 1 saturated heterocycles. The van der Waals surface area contributed by atoms with Crippen LogP contribution in [-0.4, -0.2) is 35.1 Å². The molecule has 1 N–H and O–H groups in total. The van der Waals surface area contributed by atoms with E-state index in [1.54, 1.807) is 0 Å². The molecule has 0 aromatic heterocycles. The highest BCUT2D eigenvalue weighted by molar-refractivity contribution is 5.96. The van der Waals surface area contributed by atoms with Crippen LogP contribution in [-0.2, 0) is 12.8 Å². The number of hydrogen-bond acceptors (Lipinski definition) is 2. The van der Waals surface area contributed by atoms with Gasteiger partial charge >= 0.3 is 0 Å². The van der Waals surface area contributed by atoms with Gasteiger partial charge in [-0.1, -0.05) is 12.1 Å². The minimum absolute atomic E-state index is 0.188.